The highest BCUT2D eigenvalue weighted by molar-refractivity contribution is 7.90. The standard InChI is InChI=1S/C8H17NO4S/c1-6(2)14(11,12)9-7(10)13-8(3,4)5/h6H,1-5H3,(H,9,10). The fourth-order valence-corrected chi connectivity index (χ4v) is 1.04. The molecule has 6 heteroatoms. The van der Waals surface area contributed by atoms with Gasteiger partial charge in [-0.25, -0.2) is 17.9 Å². The smallest absolute Gasteiger partial charge is 0.421 e. The highest BCUT2D eigenvalue weighted by Crippen LogP contribution is 2.07. The van der Waals surface area contributed by atoms with Crippen molar-refractivity contribution in [3.05, 3.63) is 0 Å². The van der Waals surface area contributed by atoms with Crippen LogP contribution in [0.3, 0.4) is 0 Å². The van der Waals surface area contributed by atoms with Crippen LogP contribution in [0.4, 0.5) is 4.79 Å². The summed E-state index contributed by atoms with van der Waals surface area (Å²) in [5.74, 6) is 0. The Kier molecular flexibility index (Phi) is 3.93. The number of sulfonamides is 1. The molecular formula is C8H17NO4S. The predicted octanol–water partition coefficient (Wildman–Crippen LogP) is 1.25. The topological polar surface area (TPSA) is 72.5 Å². The molecule has 0 spiro atoms. The molecule has 84 valence electrons. The van der Waals surface area contributed by atoms with Crippen molar-refractivity contribution in [1.29, 1.82) is 0 Å². The van der Waals surface area contributed by atoms with Crippen LogP contribution in [0.2, 0.25) is 0 Å². The van der Waals surface area contributed by atoms with Gasteiger partial charge in [-0.15, -0.1) is 0 Å². The van der Waals surface area contributed by atoms with Crippen LogP contribution < -0.4 is 4.72 Å². The molecule has 1 N–H and O–H groups in total. The van der Waals surface area contributed by atoms with Crippen molar-refractivity contribution in [3.63, 3.8) is 0 Å². The number of nitrogens with one attached hydrogen (secondary N) is 1. The van der Waals surface area contributed by atoms with Gasteiger partial charge in [0.2, 0.25) is 10.0 Å². The summed E-state index contributed by atoms with van der Waals surface area (Å²) in [6, 6.07) is 0. The van der Waals surface area contributed by atoms with Crippen molar-refractivity contribution in [1.82, 2.24) is 4.72 Å². The highest BCUT2D eigenvalue weighted by atomic mass is 32.2. The zero-order valence-corrected chi connectivity index (χ0v) is 9.94. The van der Waals surface area contributed by atoms with E-state index in [0.717, 1.165) is 0 Å². The van der Waals surface area contributed by atoms with Gasteiger partial charge in [-0.3, -0.25) is 0 Å². The Bertz CT molecular complexity index is 300. The summed E-state index contributed by atoms with van der Waals surface area (Å²) in [5, 5.41) is -0.657. The van der Waals surface area contributed by atoms with Crippen LogP contribution in [-0.2, 0) is 14.8 Å². The third-order valence-electron chi connectivity index (χ3n) is 1.25. The van der Waals surface area contributed by atoms with Crippen LogP contribution in [0.1, 0.15) is 34.6 Å². The van der Waals surface area contributed by atoms with E-state index < -0.39 is 27.0 Å². The van der Waals surface area contributed by atoms with Gasteiger partial charge in [-0.1, -0.05) is 0 Å². The van der Waals surface area contributed by atoms with Crippen LogP contribution in [0.5, 0.6) is 0 Å². The van der Waals surface area contributed by atoms with E-state index in [0.29, 0.717) is 0 Å². The van der Waals surface area contributed by atoms with Gasteiger partial charge in [0, 0.05) is 0 Å². The number of carbonyl (C=O) groups is 1. The van der Waals surface area contributed by atoms with Crippen molar-refractivity contribution in [2.45, 2.75) is 45.5 Å². The van der Waals surface area contributed by atoms with E-state index in [1.165, 1.54) is 13.8 Å². The first-order chi connectivity index (χ1) is 6.04. The first-order valence-corrected chi connectivity index (χ1v) is 5.84. The van der Waals surface area contributed by atoms with Crippen molar-refractivity contribution in [3.8, 4) is 0 Å². The second kappa shape index (κ2) is 4.16. The maximum atomic E-state index is 11.2. The van der Waals surface area contributed by atoms with E-state index in [-0.39, 0.29) is 0 Å². The number of carbonyl (C=O) groups excluding carboxylic acids is 1. The molecule has 0 rings (SSSR count). The number of rotatable bonds is 2. The van der Waals surface area contributed by atoms with Crippen LogP contribution in [0.15, 0.2) is 0 Å². The lowest BCUT2D eigenvalue weighted by molar-refractivity contribution is 0.0570. The molecule has 0 fully saturated rings. The predicted molar refractivity (Wildman–Crippen MR) is 53.4 cm³/mol. The Hall–Kier alpha value is -0.780. The van der Waals surface area contributed by atoms with E-state index in [1.54, 1.807) is 20.8 Å². The minimum Gasteiger partial charge on any atom is -0.443 e. The van der Waals surface area contributed by atoms with Crippen molar-refractivity contribution in [2.75, 3.05) is 0 Å². The van der Waals surface area contributed by atoms with Crippen molar-refractivity contribution in [2.24, 2.45) is 0 Å². The van der Waals surface area contributed by atoms with Gasteiger partial charge in [-0.05, 0) is 34.6 Å². The number of ether oxygens (including phenoxy) is 1. The summed E-state index contributed by atoms with van der Waals surface area (Å²) >= 11 is 0. The molecule has 14 heavy (non-hydrogen) atoms. The van der Waals surface area contributed by atoms with E-state index >= 15 is 0 Å². The third-order valence-corrected chi connectivity index (χ3v) is 2.94. The molecule has 0 aromatic heterocycles. The third kappa shape index (κ3) is 5.06. The molecule has 0 aromatic rings. The normalized spacial score (nSPS) is 12.7. The minimum absolute atomic E-state index is 0.657. The van der Waals surface area contributed by atoms with Gasteiger partial charge in [0.1, 0.15) is 5.60 Å². The summed E-state index contributed by atoms with van der Waals surface area (Å²) in [4.78, 5) is 11.1. The summed E-state index contributed by atoms with van der Waals surface area (Å²) in [6.45, 7) is 7.94. The second-order valence-electron chi connectivity index (χ2n) is 4.20. The zero-order chi connectivity index (χ0) is 11.6. The molecular weight excluding hydrogens is 206 g/mol. The van der Waals surface area contributed by atoms with Gasteiger partial charge in [0.25, 0.3) is 0 Å². The molecule has 0 unspecified atom stereocenters. The molecule has 1 amide bonds. The summed E-state index contributed by atoms with van der Waals surface area (Å²) in [5.41, 5.74) is -0.698. The SMILES string of the molecule is CC(C)S(=O)(=O)NC(=O)OC(C)(C)C. The highest BCUT2D eigenvalue weighted by Gasteiger charge is 2.23. The molecule has 0 aromatic carbocycles. The summed E-state index contributed by atoms with van der Waals surface area (Å²) in [7, 11) is -3.59. The molecule has 0 aliphatic carbocycles. The lowest BCUT2D eigenvalue weighted by Gasteiger charge is -2.20. The first kappa shape index (κ1) is 13.2. The molecule has 0 radical (unpaired) electrons. The summed E-state index contributed by atoms with van der Waals surface area (Å²) < 4.78 is 29.0. The molecule has 5 nitrogen and oxygen atoms in total. The second-order valence-corrected chi connectivity index (χ2v) is 6.43. The van der Waals surface area contributed by atoms with E-state index in [4.69, 9.17) is 4.74 Å². The monoisotopic (exact) mass is 223 g/mol. The molecule has 0 saturated heterocycles. The lowest BCUT2D eigenvalue weighted by Crippen LogP contribution is -2.39. The van der Waals surface area contributed by atoms with E-state index in [1.807, 2.05) is 4.72 Å². The van der Waals surface area contributed by atoms with Gasteiger partial charge in [0.05, 0.1) is 5.25 Å². The fourth-order valence-electron chi connectivity index (χ4n) is 0.533. The Labute approximate surface area is 84.9 Å². The van der Waals surface area contributed by atoms with Gasteiger partial charge >= 0.3 is 6.09 Å². The Balaban J connectivity index is 4.36. The van der Waals surface area contributed by atoms with Crippen molar-refractivity contribution >= 4 is 16.1 Å². The largest absolute Gasteiger partial charge is 0.443 e. The van der Waals surface area contributed by atoms with Crippen LogP contribution in [0.25, 0.3) is 0 Å². The molecule has 0 aliphatic heterocycles. The average molecular weight is 223 g/mol. The maximum absolute atomic E-state index is 11.2. The summed E-state index contributed by atoms with van der Waals surface area (Å²) in [6.07, 6.45) is -0.939. The zero-order valence-electron chi connectivity index (χ0n) is 9.12. The van der Waals surface area contributed by atoms with Gasteiger partial charge < -0.3 is 4.74 Å². The van der Waals surface area contributed by atoms with Crippen LogP contribution >= 0.6 is 0 Å². The van der Waals surface area contributed by atoms with E-state index in [9.17, 15) is 13.2 Å². The Morgan fingerprint density at radius 2 is 1.71 bits per heavy atom. The maximum Gasteiger partial charge on any atom is 0.421 e. The van der Waals surface area contributed by atoms with Gasteiger partial charge in [-0.2, -0.15) is 0 Å². The minimum atomic E-state index is -3.59. The fraction of sp³-hybridized carbons (Fsp3) is 0.875. The lowest BCUT2D eigenvalue weighted by atomic mass is 10.2. The molecule has 0 atom stereocenters. The van der Waals surface area contributed by atoms with E-state index in [2.05, 4.69) is 0 Å². The Morgan fingerprint density at radius 3 is 2.00 bits per heavy atom. The molecule has 0 saturated carbocycles. The first-order valence-electron chi connectivity index (χ1n) is 4.29. The average Bonchev–Trinajstić information content (AvgIpc) is 1.79. The van der Waals surface area contributed by atoms with Crippen molar-refractivity contribution < 1.29 is 17.9 Å². The number of hydrogen-bond donors (Lipinski definition) is 1. The quantitative estimate of drug-likeness (QED) is 0.764. The number of amides is 1. The molecule has 0 bridgehead atoms. The van der Waals surface area contributed by atoms with Gasteiger partial charge in [0.15, 0.2) is 0 Å². The van der Waals surface area contributed by atoms with Crippen LogP contribution in [-0.4, -0.2) is 25.4 Å². The number of hydrogen-bond acceptors (Lipinski definition) is 4. The van der Waals surface area contributed by atoms with Crippen LogP contribution in [0, 0.1) is 0 Å². The molecule has 0 aliphatic rings. The molecule has 0 heterocycles. The Morgan fingerprint density at radius 1 is 1.29 bits per heavy atom.